The first-order valence-corrected chi connectivity index (χ1v) is 7.02. The Kier molecular flexibility index (Phi) is 3.59. The molecule has 4 nitrogen and oxygen atoms in total. The Bertz CT molecular complexity index is 702. The Morgan fingerprint density at radius 2 is 2.24 bits per heavy atom. The summed E-state index contributed by atoms with van der Waals surface area (Å²) in [6, 6.07) is 6.26. The average Bonchev–Trinajstić information content (AvgIpc) is 2.46. The van der Waals surface area contributed by atoms with Gasteiger partial charge < -0.3 is 9.64 Å². The predicted octanol–water partition coefficient (Wildman–Crippen LogP) is 2.54. The van der Waals surface area contributed by atoms with Crippen LogP contribution in [0.1, 0.15) is 23.0 Å². The lowest BCUT2D eigenvalue weighted by molar-refractivity contribution is 0.00354. The van der Waals surface area contributed by atoms with Crippen molar-refractivity contribution in [3.8, 4) is 0 Å². The van der Waals surface area contributed by atoms with Crippen molar-refractivity contribution in [3.63, 3.8) is 0 Å². The molecule has 1 atom stereocenters. The number of ether oxygens (including phenoxy) is 1. The molecule has 0 bridgehead atoms. The van der Waals surface area contributed by atoms with Gasteiger partial charge in [-0.2, -0.15) is 0 Å². The largest absolute Gasteiger partial charge is 0.377 e. The van der Waals surface area contributed by atoms with Crippen molar-refractivity contribution in [2.24, 2.45) is 0 Å². The van der Waals surface area contributed by atoms with Gasteiger partial charge in [0.1, 0.15) is 5.82 Å². The van der Waals surface area contributed by atoms with E-state index in [1.807, 2.05) is 11.8 Å². The highest BCUT2D eigenvalue weighted by Gasteiger charge is 2.26. The maximum Gasteiger partial charge on any atom is 0.256 e. The number of morpholine rings is 1. The molecule has 1 amide bonds. The summed E-state index contributed by atoms with van der Waals surface area (Å²) in [5.41, 5.74) is 1.76. The molecule has 110 valence electrons. The molecule has 1 aliphatic rings. The van der Waals surface area contributed by atoms with Gasteiger partial charge in [0.25, 0.3) is 5.91 Å². The van der Waals surface area contributed by atoms with E-state index in [0.717, 1.165) is 5.39 Å². The van der Waals surface area contributed by atoms with Gasteiger partial charge in [0, 0.05) is 18.0 Å². The summed E-state index contributed by atoms with van der Waals surface area (Å²) >= 11 is 0. The van der Waals surface area contributed by atoms with E-state index < -0.39 is 0 Å². The van der Waals surface area contributed by atoms with Crippen molar-refractivity contribution >= 4 is 16.8 Å². The van der Waals surface area contributed by atoms with Crippen molar-refractivity contribution in [2.45, 2.75) is 19.9 Å². The summed E-state index contributed by atoms with van der Waals surface area (Å²) in [5.74, 6) is -0.364. The standard InChI is InChI=1S/C16H17FN2O2/c1-10-9-21-6-5-19(10)16(20)14-7-12-3-4-13(17)8-15(12)18-11(14)2/h3-4,7-8,10H,5-6,9H2,1-2H3/t10-/m1/s1. The molecule has 0 saturated carbocycles. The Morgan fingerprint density at radius 3 is 3.00 bits per heavy atom. The molecule has 3 rings (SSSR count). The summed E-state index contributed by atoms with van der Waals surface area (Å²) < 4.78 is 18.6. The highest BCUT2D eigenvalue weighted by Crippen LogP contribution is 2.20. The van der Waals surface area contributed by atoms with Gasteiger partial charge in [0.05, 0.1) is 36.0 Å². The van der Waals surface area contributed by atoms with E-state index >= 15 is 0 Å². The monoisotopic (exact) mass is 288 g/mol. The normalized spacial score (nSPS) is 19.0. The highest BCUT2D eigenvalue weighted by atomic mass is 19.1. The molecule has 1 saturated heterocycles. The first kappa shape index (κ1) is 13.9. The number of hydrogen-bond donors (Lipinski definition) is 0. The second kappa shape index (κ2) is 5.41. The fraction of sp³-hybridized carbons (Fsp3) is 0.375. The smallest absolute Gasteiger partial charge is 0.256 e. The van der Waals surface area contributed by atoms with E-state index in [9.17, 15) is 9.18 Å². The Morgan fingerprint density at radius 1 is 1.43 bits per heavy atom. The van der Waals surface area contributed by atoms with Gasteiger partial charge >= 0.3 is 0 Å². The summed E-state index contributed by atoms with van der Waals surface area (Å²) in [6.45, 7) is 5.44. The molecule has 0 radical (unpaired) electrons. The minimum atomic E-state index is -0.324. The van der Waals surface area contributed by atoms with Crippen LogP contribution in [-0.2, 0) is 4.74 Å². The molecule has 1 fully saturated rings. The number of amides is 1. The number of aromatic nitrogens is 1. The van der Waals surface area contributed by atoms with E-state index in [0.29, 0.717) is 36.5 Å². The zero-order valence-corrected chi connectivity index (χ0v) is 12.1. The van der Waals surface area contributed by atoms with Gasteiger partial charge in [-0.15, -0.1) is 0 Å². The van der Waals surface area contributed by atoms with Gasteiger partial charge in [-0.1, -0.05) is 0 Å². The number of hydrogen-bond acceptors (Lipinski definition) is 3. The maximum atomic E-state index is 13.2. The van der Waals surface area contributed by atoms with Crippen molar-refractivity contribution in [2.75, 3.05) is 19.8 Å². The molecule has 1 aromatic heterocycles. The molecular formula is C16H17FN2O2. The number of carbonyl (C=O) groups excluding carboxylic acids is 1. The van der Waals surface area contributed by atoms with Crippen LogP contribution in [0.4, 0.5) is 4.39 Å². The molecule has 5 heteroatoms. The number of carbonyl (C=O) groups is 1. The van der Waals surface area contributed by atoms with Crippen LogP contribution in [0.25, 0.3) is 10.9 Å². The number of aryl methyl sites for hydroxylation is 1. The zero-order chi connectivity index (χ0) is 15.0. The molecule has 2 heterocycles. The second-order valence-corrected chi connectivity index (χ2v) is 5.38. The van der Waals surface area contributed by atoms with Crippen molar-refractivity contribution in [1.29, 1.82) is 0 Å². The third-order valence-electron chi connectivity index (χ3n) is 3.83. The summed E-state index contributed by atoms with van der Waals surface area (Å²) in [6.07, 6.45) is 0. The number of pyridine rings is 1. The molecule has 21 heavy (non-hydrogen) atoms. The lowest BCUT2D eigenvalue weighted by atomic mass is 10.1. The highest BCUT2D eigenvalue weighted by molar-refractivity contribution is 5.98. The zero-order valence-electron chi connectivity index (χ0n) is 12.1. The van der Waals surface area contributed by atoms with Crippen LogP contribution in [-0.4, -0.2) is 41.6 Å². The molecule has 1 aliphatic heterocycles. The molecule has 0 spiro atoms. The fourth-order valence-corrected chi connectivity index (χ4v) is 2.64. The van der Waals surface area contributed by atoms with Crippen LogP contribution < -0.4 is 0 Å². The van der Waals surface area contributed by atoms with Gasteiger partial charge in [-0.3, -0.25) is 9.78 Å². The Hall–Kier alpha value is -2.01. The van der Waals surface area contributed by atoms with Crippen molar-refractivity contribution in [1.82, 2.24) is 9.88 Å². The minimum Gasteiger partial charge on any atom is -0.377 e. The van der Waals surface area contributed by atoms with Crippen LogP contribution in [0, 0.1) is 12.7 Å². The second-order valence-electron chi connectivity index (χ2n) is 5.38. The van der Waals surface area contributed by atoms with E-state index in [1.54, 1.807) is 19.1 Å². The third kappa shape index (κ3) is 2.61. The number of benzene rings is 1. The topological polar surface area (TPSA) is 42.4 Å². The maximum absolute atomic E-state index is 13.2. The molecular weight excluding hydrogens is 271 g/mol. The summed E-state index contributed by atoms with van der Waals surface area (Å²) in [4.78, 5) is 18.9. The van der Waals surface area contributed by atoms with E-state index in [-0.39, 0.29) is 17.8 Å². The van der Waals surface area contributed by atoms with Crippen molar-refractivity contribution < 1.29 is 13.9 Å². The first-order valence-electron chi connectivity index (χ1n) is 7.02. The van der Waals surface area contributed by atoms with Crippen LogP contribution >= 0.6 is 0 Å². The number of nitrogens with zero attached hydrogens (tertiary/aromatic N) is 2. The van der Waals surface area contributed by atoms with E-state index in [2.05, 4.69) is 4.98 Å². The minimum absolute atomic E-state index is 0.0398. The van der Waals surface area contributed by atoms with Crippen LogP contribution in [0.2, 0.25) is 0 Å². The molecule has 2 aromatic rings. The van der Waals surface area contributed by atoms with Gasteiger partial charge in [0.15, 0.2) is 0 Å². The molecule has 0 N–H and O–H groups in total. The van der Waals surface area contributed by atoms with Crippen LogP contribution in [0.5, 0.6) is 0 Å². The van der Waals surface area contributed by atoms with Gasteiger partial charge in [0.2, 0.25) is 0 Å². The molecule has 0 unspecified atom stereocenters. The predicted molar refractivity (Wildman–Crippen MR) is 77.8 cm³/mol. The summed E-state index contributed by atoms with van der Waals surface area (Å²) in [7, 11) is 0. The third-order valence-corrected chi connectivity index (χ3v) is 3.83. The van der Waals surface area contributed by atoms with Crippen LogP contribution in [0.3, 0.4) is 0 Å². The van der Waals surface area contributed by atoms with E-state index in [1.165, 1.54) is 12.1 Å². The van der Waals surface area contributed by atoms with Gasteiger partial charge in [-0.05, 0) is 32.0 Å². The Labute approximate surface area is 122 Å². The molecule has 1 aromatic carbocycles. The lowest BCUT2D eigenvalue weighted by Crippen LogP contribution is -2.47. The average molecular weight is 288 g/mol. The summed E-state index contributed by atoms with van der Waals surface area (Å²) in [5, 5.41) is 0.770. The quantitative estimate of drug-likeness (QED) is 0.810. The van der Waals surface area contributed by atoms with Crippen LogP contribution in [0.15, 0.2) is 24.3 Å². The lowest BCUT2D eigenvalue weighted by Gasteiger charge is -2.33. The first-order chi connectivity index (χ1) is 10.1. The SMILES string of the molecule is Cc1nc2cc(F)ccc2cc1C(=O)N1CCOC[C@H]1C. The number of fused-ring (bicyclic) bond motifs is 1. The van der Waals surface area contributed by atoms with Crippen molar-refractivity contribution in [3.05, 3.63) is 41.3 Å². The molecule has 0 aliphatic carbocycles. The Balaban J connectivity index is 2.01. The van der Waals surface area contributed by atoms with E-state index in [4.69, 9.17) is 4.74 Å². The fourth-order valence-electron chi connectivity index (χ4n) is 2.64. The number of rotatable bonds is 1. The number of halogens is 1. The van der Waals surface area contributed by atoms with Gasteiger partial charge in [-0.25, -0.2) is 4.39 Å².